The van der Waals surface area contributed by atoms with Crippen molar-refractivity contribution in [3.05, 3.63) is 0 Å². The Kier molecular flexibility index (Phi) is 6.14. The summed E-state index contributed by atoms with van der Waals surface area (Å²) >= 11 is 0. The first-order valence-electron chi connectivity index (χ1n) is 6.99. The van der Waals surface area contributed by atoms with E-state index in [9.17, 15) is 14.4 Å². The number of likely N-dealkylation sites (tertiary alicyclic amines) is 1. The summed E-state index contributed by atoms with van der Waals surface area (Å²) in [4.78, 5) is 37.3. The molecule has 1 fully saturated rings. The number of rotatable bonds is 7. The van der Waals surface area contributed by atoms with Crippen molar-refractivity contribution in [1.82, 2.24) is 10.2 Å². The van der Waals surface area contributed by atoms with E-state index in [1.54, 1.807) is 0 Å². The normalized spacial score (nSPS) is 20.8. The van der Waals surface area contributed by atoms with Gasteiger partial charge < -0.3 is 11.2 Å². The second kappa shape index (κ2) is 7.62. The molecule has 0 aromatic rings. The number of hydrogen-bond donors (Lipinski definition) is 2. The van der Waals surface area contributed by atoms with Crippen LogP contribution in [-0.4, -0.2) is 41.4 Å². The molecule has 7 nitrogen and oxygen atoms in total. The zero-order chi connectivity index (χ0) is 15.1. The highest BCUT2D eigenvalue weighted by Crippen LogP contribution is 2.18. The Morgan fingerprint density at radius 3 is 2.50 bits per heavy atom. The van der Waals surface area contributed by atoms with Gasteiger partial charge in [-0.05, 0) is 12.8 Å². The van der Waals surface area contributed by atoms with E-state index in [0.717, 1.165) is 24.2 Å². The van der Waals surface area contributed by atoms with Gasteiger partial charge in [0, 0.05) is 13.1 Å². The molecule has 1 aliphatic rings. The average molecular weight is 282 g/mol. The van der Waals surface area contributed by atoms with E-state index in [2.05, 4.69) is 10.4 Å². The molecule has 20 heavy (non-hydrogen) atoms. The summed E-state index contributed by atoms with van der Waals surface area (Å²) in [7, 11) is 0. The fraction of sp³-hybridized carbons (Fsp3) is 0.692. The van der Waals surface area contributed by atoms with Gasteiger partial charge in [-0.3, -0.25) is 19.3 Å². The Morgan fingerprint density at radius 1 is 1.30 bits per heavy atom. The molecule has 1 aliphatic heterocycles. The molecule has 1 heterocycles. The van der Waals surface area contributed by atoms with Crippen molar-refractivity contribution >= 4 is 23.4 Å². The number of amides is 3. The zero-order valence-corrected chi connectivity index (χ0v) is 12.0. The minimum atomic E-state index is -1.19. The highest BCUT2D eigenvalue weighted by molar-refractivity contribution is 6.54. The first-order chi connectivity index (χ1) is 9.58. The number of unbranched alkanes of at least 4 members (excludes halogenated alkanes) is 2. The number of hydrogen-bond acceptors (Lipinski definition) is 5. The lowest BCUT2D eigenvalue weighted by molar-refractivity contribution is -0.141. The number of imide groups is 1. The zero-order valence-electron chi connectivity index (χ0n) is 12.0. The Hall–Kier alpha value is -1.92. The van der Waals surface area contributed by atoms with E-state index in [-0.39, 0.29) is 5.71 Å². The molecule has 1 saturated heterocycles. The topological polar surface area (TPSA) is 105 Å². The molecule has 3 N–H and O–H groups in total. The highest BCUT2D eigenvalue weighted by atomic mass is 16.2. The van der Waals surface area contributed by atoms with Crippen LogP contribution < -0.4 is 11.2 Å². The molecule has 0 aliphatic carbocycles. The third-order valence-corrected chi connectivity index (χ3v) is 3.22. The van der Waals surface area contributed by atoms with Crippen LogP contribution in [0.2, 0.25) is 0 Å². The quantitative estimate of drug-likeness (QED) is 0.225. The molecule has 0 radical (unpaired) electrons. The van der Waals surface area contributed by atoms with Crippen LogP contribution in [0.25, 0.3) is 0 Å². The molecule has 1 unspecified atom stereocenters. The van der Waals surface area contributed by atoms with Crippen LogP contribution in [0.15, 0.2) is 5.10 Å². The van der Waals surface area contributed by atoms with Gasteiger partial charge in [0.1, 0.15) is 5.71 Å². The van der Waals surface area contributed by atoms with Crippen LogP contribution in [0.4, 0.5) is 0 Å². The number of carbonyl (C=O) groups is 3. The Bertz CT molecular complexity index is 420. The van der Waals surface area contributed by atoms with Gasteiger partial charge in [-0.1, -0.05) is 26.7 Å². The minimum absolute atomic E-state index is 0.167. The van der Waals surface area contributed by atoms with Gasteiger partial charge in [0.05, 0.1) is 0 Å². The van der Waals surface area contributed by atoms with Gasteiger partial charge in [-0.2, -0.15) is 5.10 Å². The fourth-order valence-corrected chi connectivity index (χ4v) is 2.02. The van der Waals surface area contributed by atoms with Crippen molar-refractivity contribution in [3.8, 4) is 0 Å². The molecule has 0 bridgehead atoms. The van der Waals surface area contributed by atoms with Gasteiger partial charge in [0.25, 0.3) is 5.91 Å². The van der Waals surface area contributed by atoms with E-state index in [0.29, 0.717) is 19.5 Å². The Morgan fingerprint density at radius 2 is 1.95 bits per heavy atom. The lowest BCUT2D eigenvalue weighted by Gasteiger charge is -2.13. The number of hydrazone groups is 1. The lowest BCUT2D eigenvalue weighted by atomic mass is 10.1. The van der Waals surface area contributed by atoms with Crippen LogP contribution in [0.1, 0.15) is 39.5 Å². The van der Waals surface area contributed by atoms with E-state index in [1.807, 2.05) is 13.8 Å². The van der Waals surface area contributed by atoms with Gasteiger partial charge in [0.2, 0.25) is 11.8 Å². The largest absolute Gasteiger partial charge is 0.355 e. The maximum atomic E-state index is 12.2. The van der Waals surface area contributed by atoms with Gasteiger partial charge in [-0.15, -0.1) is 0 Å². The predicted molar refractivity (Wildman–Crippen MR) is 74.7 cm³/mol. The van der Waals surface area contributed by atoms with Gasteiger partial charge in [-0.25, -0.2) is 0 Å². The third-order valence-electron chi connectivity index (χ3n) is 3.22. The number of nitrogens with one attached hydrogen (secondary N) is 1. The van der Waals surface area contributed by atoms with Gasteiger partial charge >= 0.3 is 0 Å². The summed E-state index contributed by atoms with van der Waals surface area (Å²) in [5.41, 5.74) is -0.167. The Balaban J connectivity index is 2.81. The average Bonchev–Trinajstić information content (AvgIpc) is 2.67. The van der Waals surface area contributed by atoms with Crippen LogP contribution in [0, 0.1) is 5.92 Å². The SMILES string of the molecule is CCCCNC(=O)C1C(=O)N(CCCC)C(=O)/C1=N\N. The maximum Gasteiger partial charge on any atom is 0.278 e. The van der Waals surface area contributed by atoms with Crippen LogP contribution >= 0.6 is 0 Å². The number of carbonyl (C=O) groups excluding carboxylic acids is 3. The molecule has 7 heteroatoms. The number of nitrogens with two attached hydrogens (primary N) is 1. The summed E-state index contributed by atoms with van der Waals surface area (Å²) in [5.74, 6) is 2.39. The smallest absolute Gasteiger partial charge is 0.278 e. The van der Waals surface area contributed by atoms with Crippen LogP contribution in [0.3, 0.4) is 0 Å². The molecule has 1 atom stereocenters. The molecular formula is C13H22N4O3. The molecular weight excluding hydrogens is 260 g/mol. The Labute approximate surface area is 118 Å². The van der Waals surface area contributed by atoms with Crippen molar-refractivity contribution in [1.29, 1.82) is 0 Å². The minimum Gasteiger partial charge on any atom is -0.355 e. The highest BCUT2D eigenvalue weighted by Gasteiger charge is 2.48. The first kappa shape index (κ1) is 16.1. The second-order valence-corrected chi connectivity index (χ2v) is 4.74. The monoisotopic (exact) mass is 282 g/mol. The molecule has 0 saturated carbocycles. The van der Waals surface area contributed by atoms with E-state index in [4.69, 9.17) is 5.84 Å². The van der Waals surface area contributed by atoms with Crippen molar-refractivity contribution in [2.24, 2.45) is 16.9 Å². The maximum absolute atomic E-state index is 12.2. The molecule has 1 rings (SSSR count). The van der Waals surface area contributed by atoms with E-state index >= 15 is 0 Å². The standard InChI is InChI=1S/C13H22N4O3/c1-3-5-7-15-11(18)9-10(16-14)13(20)17(12(9)19)8-6-4-2/h9H,3-8,14H2,1-2H3,(H,15,18)/b16-10-. The molecule has 0 aromatic carbocycles. The summed E-state index contributed by atoms with van der Waals surface area (Å²) < 4.78 is 0. The van der Waals surface area contributed by atoms with Crippen molar-refractivity contribution in [2.75, 3.05) is 13.1 Å². The summed E-state index contributed by atoms with van der Waals surface area (Å²) in [6, 6.07) is 0. The molecule has 3 amide bonds. The molecule has 0 spiro atoms. The van der Waals surface area contributed by atoms with E-state index in [1.165, 1.54) is 0 Å². The summed E-state index contributed by atoms with van der Waals surface area (Å²) in [6.07, 6.45) is 3.28. The summed E-state index contributed by atoms with van der Waals surface area (Å²) in [6.45, 7) is 4.72. The van der Waals surface area contributed by atoms with Crippen LogP contribution in [-0.2, 0) is 14.4 Å². The third kappa shape index (κ3) is 3.34. The van der Waals surface area contributed by atoms with Crippen molar-refractivity contribution in [3.63, 3.8) is 0 Å². The number of nitrogens with zero attached hydrogens (tertiary/aromatic N) is 2. The van der Waals surface area contributed by atoms with Crippen molar-refractivity contribution < 1.29 is 14.4 Å². The summed E-state index contributed by atoms with van der Waals surface area (Å²) in [5, 5.41) is 5.99. The lowest BCUT2D eigenvalue weighted by Crippen LogP contribution is -2.39. The van der Waals surface area contributed by atoms with Crippen LogP contribution in [0.5, 0.6) is 0 Å². The fourth-order valence-electron chi connectivity index (χ4n) is 2.02. The second-order valence-electron chi connectivity index (χ2n) is 4.74. The van der Waals surface area contributed by atoms with Crippen molar-refractivity contribution in [2.45, 2.75) is 39.5 Å². The molecule has 0 aromatic heterocycles. The predicted octanol–water partition coefficient (Wildman–Crippen LogP) is 0.00250. The van der Waals surface area contributed by atoms with E-state index < -0.39 is 23.6 Å². The molecule has 112 valence electrons. The first-order valence-corrected chi connectivity index (χ1v) is 6.99. The van der Waals surface area contributed by atoms with Gasteiger partial charge in [0.15, 0.2) is 5.92 Å².